The van der Waals surface area contributed by atoms with Crippen LogP contribution in [0.25, 0.3) is 12.2 Å². The number of ketones is 1. The molecule has 3 aromatic rings. The fourth-order valence-electron chi connectivity index (χ4n) is 13.7. The predicted molar refractivity (Wildman–Crippen MR) is 384 cm³/mol. The van der Waals surface area contributed by atoms with Crippen molar-refractivity contribution in [3.63, 3.8) is 0 Å². The molecule has 8 rings (SSSR count). The number of epoxide rings is 1. The number of unbranched alkanes of at least 4 members (excludes halogenated alkanes) is 2. The Bertz CT molecular complexity index is 3390. The van der Waals surface area contributed by atoms with Crippen molar-refractivity contribution < 1.29 is 81.7 Å². The number of carbonyl (C=O) groups is 7. The maximum atomic E-state index is 14.4. The van der Waals surface area contributed by atoms with Crippen LogP contribution in [0.4, 0.5) is 10.5 Å². The van der Waals surface area contributed by atoms with E-state index >= 15 is 0 Å². The summed E-state index contributed by atoms with van der Waals surface area (Å²) in [5, 5.41) is 28.9. The van der Waals surface area contributed by atoms with E-state index in [4.69, 9.17) is 49.5 Å². The minimum absolute atomic E-state index is 0.0137. The molecule has 4 N–H and O–H groups in total. The zero-order valence-corrected chi connectivity index (χ0v) is 61.2. The number of halogens is 1. The van der Waals surface area contributed by atoms with E-state index in [-0.39, 0.29) is 65.7 Å². The van der Waals surface area contributed by atoms with Gasteiger partial charge in [-0.3, -0.25) is 29.3 Å². The number of aliphatic hydroxyl groups is 2. The van der Waals surface area contributed by atoms with Crippen molar-refractivity contribution in [1.82, 2.24) is 25.3 Å². The second-order valence-corrected chi connectivity index (χ2v) is 28.1. The van der Waals surface area contributed by atoms with E-state index in [9.17, 15) is 43.8 Å². The minimum Gasteiger partial charge on any atom is -0.495 e. The number of hydrogen-bond acceptors (Lipinski definition) is 18. The normalized spacial score (nSPS) is 25.7. The number of nitrogens with zero attached hydrogens (tertiary/aromatic N) is 4. The number of likely N-dealkylation sites (N-methyl/N-ethyl adjacent to an activating group) is 2. The lowest BCUT2D eigenvalue weighted by atomic mass is 9.81. The summed E-state index contributed by atoms with van der Waals surface area (Å²) in [6.07, 6.45) is 11.0. The molecule has 0 aromatic heterocycles. The first kappa shape index (κ1) is 79.6. The van der Waals surface area contributed by atoms with Gasteiger partial charge in [0.05, 0.1) is 84.6 Å². The first-order chi connectivity index (χ1) is 48.4. The van der Waals surface area contributed by atoms with Gasteiger partial charge in [-0.25, -0.2) is 9.59 Å². The number of hydrogen-bond donors (Lipinski definition) is 4. The van der Waals surface area contributed by atoms with E-state index in [2.05, 4.69) is 47.1 Å². The molecule has 0 spiro atoms. The van der Waals surface area contributed by atoms with Crippen LogP contribution in [0.2, 0.25) is 5.02 Å². The highest BCUT2D eigenvalue weighted by Gasteiger charge is 2.64. The van der Waals surface area contributed by atoms with Gasteiger partial charge in [-0.05, 0) is 125 Å². The minimum atomic E-state index is -2.10. The summed E-state index contributed by atoms with van der Waals surface area (Å²) in [5.74, 6) is -1.95. The van der Waals surface area contributed by atoms with E-state index in [1.807, 2.05) is 38.2 Å². The molecule has 23 nitrogen and oxygen atoms in total. The Morgan fingerprint density at radius 2 is 1.45 bits per heavy atom. The van der Waals surface area contributed by atoms with Crippen molar-refractivity contribution >= 4 is 70.9 Å². The van der Waals surface area contributed by atoms with Gasteiger partial charge in [0.15, 0.2) is 5.72 Å². The molecule has 1 saturated carbocycles. The number of allylic oxidation sites excluding steroid dienone is 3. The number of esters is 1. The number of rotatable bonds is 32. The van der Waals surface area contributed by atoms with Crippen LogP contribution in [0.5, 0.6) is 5.75 Å². The van der Waals surface area contributed by atoms with Gasteiger partial charge in [-0.15, -0.1) is 0 Å². The number of ether oxygens (including phenoxy) is 8. The predicted octanol–water partition coefficient (Wildman–Crippen LogP) is 8.80. The van der Waals surface area contributed by atoms with Crippen LogP contribution in [-0.2, 0) is 74.8 Å². The number of fused-ring (bicyclic) bond motifs is 7. The molecule has 1 unspecified atom stereocenters. The monoisotopic (exact) mass is 1420 g/mol. The Kier molecular flexibility index (Phi) is 30.3. The first-order valence-corrected chi connectivity index (χ1v) is 36.2. The summed E-state index contributed by atoms with van der Waals surface area (Å²) in [6, 6.07) is 19.1. The molecule has 3 fully saturated rings. The van der Waals surface area contributed by atoms with Crippen LogP contribution in [0.3, 0.4) is 0 Å². The largest absolute Gasteiger partial charge is 0.495 e. The lowest BCUT2D eigenvalue weighted by Gasteiger charge is -2.41. The van der Waals surface area contributed by atoms with Crippen molar-refractivity contribution in [3.05, 3.63) is 117 Å². The van der Waals surface area contributed by atoms with Crippen LogP contribution < -0.4 is 20.3 Å². The fourth-order valence-corrected chi connectivity index (χ4v) is 14.0. The fraction of sp³-hybridized carbons (Fsp3) is 0.597. The van der Waals surface area contributed by atoms with Crippen molar-refractivity contribution in [2.75, 3.05) is 113 Å². The number of anilines is 1. The molecule has 101 heavy (non-hydrogen) atoms. The van der Waals surface area contributed by atoms with Gasteiger partial charge in [0.2, 0.25) is 23.6 Å². The van der Waals surface area contributed by atoms with Crippen molar-refractivity contribution in [3.8, 4) is 5.75 Å². The number of carbonyl (C=O) groups excluding carboxylic acids is 7. The second-order valence-electron chi connectivity index (χ2n) is 27.8. The number of aliphatic hydroxyl groups excluding tert-OH is 1. The summed E-state index contributed by atoms with van der Waals surface area (Å²) in [6.45, 7) is 11.6. The number of alkyl carbamates (subject to hydrolysis) is 1. The molecule has 5 aliphatic rings. The zero-order chi connectivity index (χ0) is 72.8. The summed E-state index contributed by atoms with van der Waals surface area (Å²) in [7, 11) is 8.16. The highest BCUT2D eigenvalue weighted by Crippen LogP contribution is 2.49. The van der Waals surface area contributed by atoms with Crippen LogP contribution in [0.15, 0.2) is 84.5 Å². The van der Waals surface area contributed by atoms with E-state index < -0.39 is 65.7 Å². The van der Waals surface area contributed by atoms with Crippen LogP contribution >= 0.6 is 11.6 Å². The summed E-state index contributed by atoms with van der Waals surface area (Å²) in [4.78, 5) is 101. The highest BCUT2D eigenvalue weighted by molar-refractivity contribution is 6.35. The van der Waals surface area contributed by atoms with Gasteiger partial charge in [0.1, 0.15) is 46.5 Å². The summed E-state index contributed by atoms with van der Waals surface area (Å²) >= 11 is 6.84. The number of Topliss-reactive ketones (excluding diaryl/α,β-unsaturated/α-hetero) is 1. The molecule has 0 radical (unpaired) electrons. The molecule has 3 heterocycles. The molecule has 2 saturated heterocycles. The van der Waals surface area contributed by atoms with E-state index in [1.165, 1.54) is 28.5 Å². The molecule has 2 aliphatic carbocycles. The molecule has 4 bridgehead atoms. The Morgan fingerprint density at radius 1 is 0.802 bits per heavy atom. The molecular weight excluding hydrogens is 1320 g/mol. The second kappa shape index (κ2) is 38.5. The Morgan fingerprint density at radius 3 is 2.16 bits per heavy atom. The highest BCUT2D eigenvalue weighted by atomic mass is 35.5. The molecule has 554 valence electrons. The summed E-state index contributed by atoms with van der Waals surface area (Å²) < 4.78 is 46.4. The number of nitrogens with one attached hydrogen (secondary N) is 2. The maximum Gasteiger partial charge on any atom is 0.409 e. The molecule has 3 aromatic carbocycles. The van der Waals surface area contributed by atoms with E-state index in [0.29, 0.717) is 129 Å². The average molecular weight is 1420 g/mol. The number of benzene rings is 3. The van der Waals surface area contributed by atoms with E-state index in [1.54, 1.807) is 76.0 Å². The van der Waals surface area contributed by atoms with Gasteiger partial charge in [-0.2, -0.15) is 0 Å². The lowest BCUT2D eigenvalue weighted by Crippen LogP contribution is -2.63. The van der Waals surface area contributed by atoms with Crippen molar-refractivity contribution in [1.29, 1.82) is 0 Å². The first-order valence-electron chi connectivity index (χ1n) is 35.8. The standard InChI is InChI=1S/C77H107ClN6O17/c1-51-19-17-25-66(86)77(93)50-65(99-75(92)80-77)52(2)72-76(4,101-72)67(49-70(89)84(8)62-46-54(45-51)47-64(94-9)71(62)78)100-74(91)53(3)83(7)73(90)57-29-31-59(32-30-57)79-34-18-26-68(87)82(6)36-38-96-40-42-98-44-43-97-41-39-95-37-33-69(88)81(5)35-16-10-11-24-63(85)61-48-58-22-13-12-20-55(58)27-28-56-21-14-15-23-60(56)61/h12-15,17,19-23,25,27-28,46-47,52-53,57,59,61,65-67,72,79,86,93H,10-11,16,18,24,26,29-45,48-50H2,1-9H3,(H,80,92)/b25-17+,28-27-,51-19+/t52-,53+,57?,59?,61?,65+,66-,67+,72+,76+,77+/m1/s1. The molecule has 3 aliphatic heterocycles. The van der Waals surface area contributed by atoms with Crippen molar-refractivity contribution in [2.45, 2.75) is 178 Å². The van der Waals surface area contributed by atoms with Gasteiger partial charge in [-0.1, -0.05) is 109 Å². The molecular formula is C77H107ClN6O17. The number of methoxy groups -OCH3 is 1. The quantitative estimate of drug-likeness (QED) is 0.0258. The zero-order valence-electron chi connectivity index (χ0n) is 60.4. The number of amides is 5. The Balaban J connectivity index is 0.653. The summed E-state index contributed by atoms with van der Waals surface area (Å²) in [5.41, 5.74) is 3.08. The van der Waals surface area contributed by atoms with Crippen LogP contribution in [0.1, 0.15) is 145 Å². The third-order valence-electron chi connectivity index (χ3n) is 20.4. The third-order valence-corrected chi connectivity index (χ3v) is 20.8. The van der Waals surface area contributed by atoms with Crippen LogP contribution in [0, 0.1) is 11.8 Å². The average Bonchev–Trinajstić information content (AvgIpc) is 1.57. The van der Waals surface area contributed by atoms with Crippen LogP contribution in [-0.4, -0.2) is 222 Å². The lowest BCUT2D eigenvalue weighted by molar-refractivity contribution is -0.163. The SMILES string of the molecule is COc1cc2cc(c1Cl)N(C)C(=O)C[C@H](OC(=O)[C@H](C)N(C)C(=O)C1CCC(NCCCC(=O)N(C)CCOCCOCCOCCOCCC(=O)N(C)CCCCCC(=O)C3Cc4ccccc4/C=C\c4ccccc43)CC1)[C@]1(C)O[C@H]1[C@H](C)[C@@H]1C[C@@](O)(NC(=O)O1)[C@H](O)/C=C/C=C(\C)C2. The molecule has 9 atom stereocenters. The Hall–Kier alpha value is -7.06. The molecule has 5 amide bonds. The van der Waals surface area contributed by atoms with Gasteiger partial charge in [0.25, 0.3) is 0 Å². The Labute approximate surface area is 600 Å². The van der Waals surface area contributed by atoms with E-state index in [0.717, 1.165) is 59.9 Å². The van der Waals surface area contributed by atoms with Crippen molar-refractivity contribution in [2.24, 2.45) is 11.8 Å². The van der Waals surface area contributed by atoms with Gasteiger partial charge < -0.3 is 73.0 Å². The smallest absolute Gasteiger partial charge is 0.409 e. The third kappa shape index (κ3) is 22.5. The maximum absolute atomic E-state index is 14.4. The topological polar surface area (TPSA) is 274 Å². The van der Waals surface area contributed by atoms with Gasteiger partial charge in [0, 0.05) is 84.3 Å². The van der Waals surface area contributed by atoms with Gasteiger partial charge >= 0.3 is 12.1 Å². The molecule has 24 heteroatoms.